The lowest BCUT2D eigenvalue weighted by atomic mass is 9.83. The molecule has 9 nitrogen and oxygen atoms in total. The second kappa shape index (κ2) is 6.16. The van der Waals surface area contributed by atoms with Crippen LogP contribution in [0, 0.1) is 11.3 Å². The highest BCUT2D eigenvalue weighted by molar-refractivity contribution is 5.42. The Morgan fingerprint density at radius 1 is 1.22 bits per heavy atom. The number of hydrogen-bond acceptors (Lipinski definition) is 8. The molecule has 1 N–H and O–H groups in total. The van der Waals surface area contributed by atoms with Gasteiger partial charge in [-0.2, -0.15) is 30.0 Å². The van der Waals surface area contributed by atoms with Crippen molar-refractivity contribution in [1.29, 1.82) is 5.26 Å². The Morgan fingerprint density at radius 2 is 2.00 bits per heavy atom. The fourth-order valence-corrected chi connectivity index (χ4v) is 2.66. The van der Waals surface area contributed by atoms with Crippen LogP contribution in [0.15, 0.2) is 12.7 Å². The third kappa shape index (κ3) is 3.21. The van der Waals surface area contributed by atoms with Gasteiger partial charge in [0.25, 0.3) is 5.95 Å². The number of anilines is 2. The van der Waals surface area contributed by atoms with Gasteiger partial charge in [-0.05, 0) is 12.8 Å². The highest BCUT2D eigenvalue weighted by Gasteiger charge is 2.33. The summed E-state index contributed by atoms with van der Waals surface area (Å²) < 4.78 is 1.47. The van der Waals surface area contributed by atoms with Crippen molar-refractivity contribution in [2.45, 2.75) is 37.6 Å². The Balaban J connectivity index is 1.96. The summed E-state index contributed by atoms with van der Waals surface area (Å²) in [5.74, 6) is 1.25. The van der Waals surface area contributed by atoms with Crippen molar-refractivity contribution < 1.29 is 0 Å². The number of aromatic nitrogens is 6. The van der Waals surface area contributed by atoms with Crippen LogP contribution in [0.3, 0.4) is 0 Å². The lowest BCUT2D eigenvalue weighted by molar-refractivity contribution is 0.390. The first kappa shape index (κ1) is 15.1. The number of nitriles is 1. The van der Waals surface area contributed by atoms with Gasteiger partial charge in [0.15, 0.2) is 0 Å². The summed E-state index contributed by atoms with van der Waals surface area (Å²) in [6.07, 6.45) is 7.76. The maximum absolute atomic E-state index is 9.61. The van der Waals surface area contributed by atoms with E-state index in [1.165, 1.54) is 17.3 Å². The molecule has 0 bridgehead atoms. The number of hydrogen-bond donors (Lipinski definition) is 1. The molecule has 0 atom stereocenters. The van der Waals surface area contributed by atoms with Gasteiger partial charge in [0.05, 0.1) is 6.07 Å². The van der Waals surface area contributed by atoms with Crippen molar-refractivity contribution in [2.75, 3.05) is 24.3 Å². The molecule has 9 heteroatoms. The van der Waals surface area contributed by atoms with Gasteiger partial charge in [0.1, 0.15) is 18.2 Å². The molecule has 1 saturated carbocycles. The largest absolute Gasteiger partial charge is 0.347 e. The average Bonchev–Trinajstić information content (AvgIpc) is 3.10. The number of nitrogens with one attached hydrogen (secondary N) is 1. The molecule has 0 radical (unpaired) electrons. The van der Waals surface area contributed by atoms with Crippen molar-refractivity contribution in [3.05, 3.63) is 12.7 Å². The fourth-order valence-electron chi connectivity index (χ4n) is 2.66. The Morgan fingerprint density at radius 3 is 2.61 bits per heavy atom. The summed E-state index contributed by atoms with van der Waals surface area (Å²) in [5, 5.41) is 16.9. The van der Waals surface area contributed by atoms with Crippen LogP contribution < -0.4 is 10.2 Å². The van der Waals surface area contributed by atoms with Gasteiger partial charge in [-0.1, -0.05) is 19.3 Å². The molecule has 0 aliphatic heterocycles. The van der Waals surface area contributed by atoms with Gasteiger partial charge >= 0.3 is 0 Å². The van der Waals surface area contributed by atoms with Crippen LogP contribution in [0.1, 0.15) is 32.1 Å². The highest BCUT2D eigenvalue weighted by Crippen LogP contribution is 2.30. The third-order valence-corrected chi connectivity index (χ3v) is 3.91. The zero-order valence-corrected chi connectivity index (χ0v) is 13.3. The summed E-state index contributed by atoms with van der Waals surface area (Å²) >= 11 is 0. The van der Waals surface area contributed by atoms with Crippen molar-refractivity contribution in [2.24, 2.45) is 0 Å². The molecular weight excluding hydrogens is 294 g/mol. The zero-order valence-electron chi connectivity index (χ0n) is 13.3. The molecule has 2 aromatic heterocycles. The first-order chi connectivity index (χ1) is 11.1. The molecule has 120 valence electrons. The van der Waals surface area contributed by atoms with E-state index < -0.39 is 5.54 Å². The van der Waals surface area contributed by atoms with Crippen LogP contribution >= 0.6 is 0 Å². The van der Waals surface area contributed by atoms with Gasteiger partial charge in [-0.15, -0.1) is 0 Å². The smallest absolute Gasteiger partial charge is 0.258 e. The lowest BCUT2D eigenvalue weighted by Crippen LogP contribution is -2.39. The minimum atomic E-state index is -0.608. The van der Waals surface area contributed by atoms with Gasteiger partial charge in [0, 0.05) is 14.1 Å². The minimum absolute atomic E-state index is 0.368. The normalized spacial score (nSPS) is 16.6. The van der Waals surface area contributed by atoms with Crippen LogP contribution in [0.2, 0.25) is 0 Å². The molecule has 1 aliphatic carbocycles. The van der Waals surface area contributed by atoms with Crippen molar-refractivity contribution in [3.63, 3.8) is 0 Å². The summed E-state index contributed by atoms with van der Waals surface area (Å²) in [5.41, 5.74) is -0.608. The SMILES string of the molecule is CN(C)c1nc(NC2(C#N)CCCCC2)nc(-n2cncn2)n1. The van der Waals surface area contributed by atoms with Crippen LogP contribution in [0.4, 0.5) is 11.9 Å². The van der Waals surface area contributed by atoms with E-state index >= 15 is 0 Å². The van der Waals surface area contributed by atoms with Gasteiger partial charge in [-0.25, -0.2) is 4.98 Å². The first-order valence-corrected chi connectivity index (χ1v) is 7.60. The zero-order chi connectivity index (χ0) is 16.3. The van der Waals surface area contributed by atoms with Gasteiger partial charge in [-0.3, -0.25) is 0 Å². The summed E-state index contributed by atoms with van der Waals surface area (Å²) in [6, 6.07) is 2.41. The minimum Gasteiger partial charge on any atom is -0.347 e. The number of rotatable bonds is 4. The molecule has 2 aromatic rings. The van der Waals surface area contributed by atoms with E-state index in [-0.39, 0.29) is 0 Å². The van der Waals surface area contributed by atoms with Crippen molar-refractivity contribution >= 4 is 11.9 Å². The molecule has 0 amide bonds. The molecule has 2 heterocycles. The molecule has 1 aliphatic rings. The Kier molecular flexibility index (Phi) is 4.06. The summed E-state index contributed by atoms with van der Waals surface area (Å²) in [7, 11) is 3.70. The Bertz CT molecular complexity index is 696. The molecule has 23 heavy (non-hydrogen) atoms. The van der Waals surface area contributed by atoms with Crippen LogP contribution in [0.25, 0.3) is 5.95 Å². The van der Waals surface area contributed by atoms with E-state index in [0.29, 0.717) is 17.8 Å². The predicted molar refractivity (Wildman–Crippen MR) is 84.1 cm³/mol. The first-order valence-electron chi connectivity index (χ1n) is 7.60. The molecule has 1 fully saturated rings. The Hall–Kier alpha value is -2.76. The molecule has 0 saturated heterocycles. The maximum atomic E-state index is 9.61. The molecule has 0 aromatic carbocycles. The summed E-state index contributed by atoms with van der Waals surface area (Å²) in [6.45, 7) is 0. The molecule has 0 spiro atoms. The van der Waals surface area contributed by atoms with Crippen molar-refractivity contribution in [3.8, 4) is 12.0 Å². The van der Waals surface area contributed by atoms with E-state index in [9.17, 15) is 5.26 Å². The topological polar surface area (TPSA) is 108 Å². The van der Waals surface area contributed by atoms with Crippen LogP contribution in [-0.4, -0.2) is 49.4 Å². The maximum Gasteiger partial charge on any atom is 0.258 e. The van der Waals surface area contributed by atoms with Crippen LogP contribution in [0.5, 0.6) is 0 Å². The molecule has 0 unspecified atom stereocenters. The lowest BCUT2D eigenvalue weighted by Gasteiger charge is -2.31. The predicted octanol–water partition coefficient (Wildman–Crippen LogP) is 1.16. The monoisotopic (exact) mass is 313 g/mol. The highest BCUT2D eigenvalue weighted by atomic mass is 15.4. The van der Waals surface area contributed by atoms with Crippen molar-refractivity contribution in [1.82, 2.24) is 29.7 Å². The van der Waals surface area contributed by atoms with Gasteiger partial charge < -0.3 is 10.2 Å². The van der Waals surface area contributed by atoms with Crippen LogP contribution in [-0.2, 0) is 0 Å². The fraction of sp³-hybridized carbons (Fsp3) is 0.571. The van der Waals surface area contributed by atoms with E-state index in [1.807, 2.05) is 14.1 Å². The number of nitrogens with zero attached hydrogens (tertiary/aromatic N) is 8. The average molecular weight is 313 g/mol. The molecule has 3 rings (SSSR count). The van der Waals surface area contributed by atoms with Gasteiger partial charge in [0.2, 0.25) is 11.9 Å². The standard InChI is InChI=1S/C14H19N9/c1-22(2)12-18-11(19-13(20-12)23-10-16-9-17-23)21-14(8-15)6-4-3-5-7-14/h9-10H,3-7H2,1-2H3,(H,18,19,20,21). The van der Waals surface area contributed by atoms with E-state index in [1.54, 1.807) is 4.90 Å². The van der Waals surface area contributed by atoms with E-state index in [0.717, 1.165) is 32.1 Å². The second-order valence-corrected chi connectivity index (χ2v) is 5.87. The van der Waals surface area contributed by atoms with E-state index in [4.69, 9.17) is 0 Å². The van der Waals surface area contributed by atoms with E-state index in [2.05, 4.69) is 36.4 Å². The molecular formula is C14H19N9. The Labute approximate surface area is 134 Å². The second-order valence-electron chi connectivity index (χ2n) is 5.87. The third-order valence-electron chi connectivity index (χ3n) is 3.91. The quantitative estimate of drug-likeness (QED) is 0.895. The summed E-state index contributed by atoms with van der Waals surface area (Å²) in [4.78, 5) is 18.9.